The topological polar surface area (TPSA) is 39.2 Å². The van der Waals surface area contributed by atoms with E-state index in [1.165, 1.54) is 0 Å². The Morgan fingerprint density at radius 3 is 2.89 bits per heavy atom. The van der Waals surface area contributed by atoms with Gasteiger partial charge in [-0.1, -0.05) is 24.3 Å². The molecule has 0 radical (unpaired) electrons. The van der Waals surface area contributed by atoms with Crippen molar-refractivity contribution in [3.63, 3.8) is 0 Å². The maximum absolute atomic E-state index is 12.7. The van der Waals surface area contributed by atoms with Crippen molar-refractivity contribution in [2.75, 3.05) is 6.61 Å². The number of carbonyl (C=O) groups excluding carboxylic acids is 1. The zero-order valence-corrected chi connectivity index (χ0v) is 11.0. The van der Waals surface area contributed by atoms with Crippen LogP contribution in [0, 0.1) is 5.92 Å². The lowest BCUT2D eigenvalue weighted by Gasteiger charge is -2.16. The lowest BCUT2D eigenvalue weighted by atomic mass is 9.99. The van der Waals surface area contributed by atoms with E-state index in [0.717, 1.165) is 23.6 Å². The zero-order valence-electron chi connectivity index (χ0n) is 11.0. The Morgan fingerprint density at radius 2 is 2.16 bits per heavy atom. The number of hydrogen-bond acceptors (Lipinski definition) is 3. The predicted molar refractivity (Wildman–Crippen MR) is 74.2 cm³/mol. The van der Waals surface area contributed by atoms with Crippen LogP contribution in [-0.2, 0) is 4.74 Å². The highest BCUT2D eigenvalue weighted by molar-refractivity contribution is 6.09. The summed E-state index contributed by atoms with van der Waals surface area (Å²) in [6.45, 7) is 2.51. The number of rotatable bonds is 5. The molecule has 1 fully saturated rings. The van der Waals surface area contributed by atoms with Crippen LogP contribution in [0.4, 0.5) is 0 Å². The standard InChI is InChI=1S/C16H17NO2/c1-2-19-16(11-7-8-11)15(18)14-10-17-9-12-5-3-4-6-13(12)14/h3-6,9-11,16H,2,7-8H2,1H3. The average Bonchev–Trinajstić information content (AvgIpc) is 3.28. The van der Waals surface area contributed by atoms with Gasteiger partial charge in [0.2, 0.25) is 0 Å². The van der Waals surface area contributed by atoms with Crippen LogP contribution >= 0.6 is 0 Å². The van der Waals surface area contributed by atoms with Crippen LogP contribution in [-0.4, -0.2) is 23.5 Å². The summed E-state index contributed by atoms with van der Waals surface area (Å²) in [6, 6.07) is 7.86. The molecule has 1 aliphatic carbocycles. The van der Waals surface area contributed by atoms with Gasteiger partial charge in [-0.25, -0.2) is 0 Å². The molecule has 0 amide bonds. The number of benzene rings is 1. The van der Waals surface area contributed by atoms with E-state index in [-0.39, 0.29) is 11.9 Å². The summed E-state index contributed by atoms with van der Waals surface area (Å²) in [4.78, 5) is 16.8. The fraction of sp³-hybridized carbons (Fsp3) is 0.375. The number of Topliss-reactive ketones (excluding diaryl/α,β-unsaturated/α-hetero) is 1. The molecule has 19 heavy (non-hydrogen) atoms. The van der Waals surface area contributed by atoms with Crippen molar-refractivity contribution < 1.29 is 9.53 Å². The van der Waals surface area contributed by atoms with Crippen LogP contribution in [0.5, 0.6) is 0 Å². The molecule has 1 aromatic heterocycles. The SMILES string of the molecule is CCOC(C(=O)c1cncc2ccccc12)C1CC1. The third-order valence-electron chi connectivity index (χ3n) is 3.59. The second-order valence-corrected chi connectivity index (χ2v) is 4.99. The van der Waals surface area contributed by atoms with E-state index in [9.17, 15) is 4.79 Å². The molecular formula is C16H17NO2. The molecule has 3 rings (SSSR count). The van der Waals surface area contributed by atoms with Gasteiger partial charge in [0.1, 0.15) is 6.10 Å². The Kier molecular flexibility index (Phi) is 3.30. The van der Waals surface area contributed by atoms with Crippen molar-refractivity contribution >= 4 is 16.6 Å². The van der Waals surface area contributed by atoms with Crippen LogP contribution in [0.15, 0.2) is 36.7 Å². The molecular weight excluding hydrogens is 238 g/mol. The molecule has 0 bridgehead atoms. The molecule has 0 spiro atoms. The lowest BCUT2D eigenvalue weighted by molar-refractivity contribution is 0.0376. The number of carbonyl (C=O) groups is 1. The first-order chi connectivity index (χ1) is 9.31. The molecule has 2 aromatic rings. The molecule has 0 saturated heterocycles. The molecule has 1 unspecified atom stereocenters. The highest BCUT2D eigenvalue weighted by Crippen LogP contribution is 2.36. The van der Waals surface area contributed by atoms with E-state index >= 15 is 0 Å². The van der Waals surface area contributed by atoms with Gasteiger partial charge in [-0.3, -0.25) is 9.78 Å². The second kappa shape index (κ2) is 5.10. The fourth-order valence-electron chi connectivity index (χ4n) is 2.47. The molecule has 1 saturated carbocycles. The van der Waals surface area contributed by atoms with Crippen LogP contribution in [0.1, 0.15) is 30.1 Å². The van der Waals surface area contributed by atoms with Crippen molar-refractivity contribution in [1.82, 2.24) is 4.98 Å². The van der Waals surface area contributed by atoms with E-state index in [0.29, 0.717) is 18.1 Å². The molecule has 3 heteroatoms. The summed E-state index contributed by atoms with van der Waals surface area (Å²) in [5, 5.41) is 1.97. The number of hydrogen-bond donors (Lipinski definition) is 0. The van der Waals surface area contributed by atoms with E-state index < -0.39 is 0 Å². The van der Waals surface area contributed by atoms with Crippen molar-refractivity contribution in [3.05, 3.63) is 42.2 Å². The molecule has 1 aliphatic rings. The maximum Gasteiger partial charge on any atom is 0.193 e. The van der Waals surface area contributed by atoms with Gasteiger partial charge in [-0.2, -0.15) is 0 Å². The minimum absolute atomic E-state index is 0.0775. The number of ether oxygens (including phenoxy) is 1. The van der Waals surface area contributed by atoms with E-state index in [2.05, 4.69) is 4.98 Å². The van der Waals surface area contributed by atoms with Crippen LogP contribution < -0.4 is 0 Å². The average molecular weight is 255 g/mol. The highest BCUT2D eigenvalue weighted by atomic mass is 16.5. The third kappa shape index (κ3) is 2.38. The summed E-state index contributed by atoms with van der Waals surface area (Å²) >= 11 is 0. The normalized spacial score (nSPS) is 16.5. The summed E-state index contributed by atoms with van der Waals surface area (Å²) in [7, 11) is 0. The summed E-state index contributed by atoms with van der Waals surface area (Å²) in [5.41, 5.74) is 0.684. The smallest absolute Gasteiger partial charge is 0.193 e. The van der Waals surface area contributed by atoms with Crippen molar-refractivity contribution in [3.8, 4) is 0 Å². The van der Waals surface area contributed by atoms with Gasteiger partial charge in [-0.05, 0) is 31.1 Å². The first kappa shape index (κ1) is 12.3. The van der Waals surface area contributed by atoms with E-state index in [1.54, 1.807) is 12.4 Å². The van der Waals surface area contributed by atoms with Gasteiger partial charge in [0, 0.05) is 30.0 Å². The molecule has 0 aliphatic heterocycles. The maximum atomic E-state index is 12.7. The predicted octanol–water partition coefficient (Wildman–Crippen LogP) is 3.23. The lowest BCUT2D eigenvalue weighted by Crippen LogP contribution is -2.27. The van der Waals surface area contributed by atoms with E-state index in [4.69, 9.17) is 4.74 Å². The third-order valence-corrected chi connectivity index (χ3v) is 3.59. The Labute approximate surface area is 112 Å². The van der Waals surface area contributed by atoms with Gasteiger partial charge in [0.05, 0.1) is 0 Å². The van der Waals surface area contributed by atoms with Crippen molar-refractivity contribution in [1.29, 1.82) is 0 Å². The van der Waals surface area contributed by atoms with Gasteiger partial charge >= 0.3 is 0 Å². The van der Waals surface area contributed by atoms with Gasteiger partial charge < -0.3 is 4.74 Å². The number of fused-ring (bicyclic) bond motifs is 1. The van der Waals surface area contributed by atoms with Gasteiger partial charge in [0.25, 0.3) is 0 Å². The Morgan fingerprint density at radius 1 is 1.37 bits per heavy atom. The van der Waals surface area contributed by atoms with Gasteiger partial charge in [-0.15, -0.1) is 0 Å². The molecule has 0 N–H and O–H groups in total. The van der Waals surface area contributed by atoms with E-state index in [1.807, 2.05) is 31.2 Å². The van der Waals surface area contributed by atoms with Crippen LogP contribution in [0.2, 0.25) is 0 Å². The number of ketones is 1. The summed E-state index contributed by atoms with van der Waals surface area (Å²) in [6.07, 6.45) is 5.35. The largest absolute Gasteiger partial charge is 0.370 e. The van der Waals surface area contributed by atoms with Crippen LogP contribution in [0.25, 0.3) is 10.8 Å². The molecule has 98 valence electrons. The minimum Gasteiger partial charge on any atom is -0.370 e. The monoisotopic (exact) mass is 255 g/mol. The minimum atomic E-state index is -0.294. The Bertz CT molecular complexity index is 599. The molecule has 1 heterocycles. The zero-order chi connectivity index (χ0) is 13.2. The Balaban J connectivity index is 2.00. The summed E-state index contributed by atoms with van der Waals surface area (Å²) in [5.74, 6) is 0.472. The van der Waals surface area contributed by atoms with Crippen molar-refractivity contribution in [2.24, 2.45) is 5.92 Å². The van der Waals surface area contributed by atoms with Crippen LogP contribution in [0.3, 0.4) is 0 Å². The quantitative estimate of drug-likeness (QED) is 0.770. The summed E-state index contributed by atoms with van der Waals surface area (Å²) < 4.78 is 5.65. The molecule has 1 aromatic carbocycles. The second-order valence-electron chi connectivity index (χ2n) is 4.99. The highest BCUT2D eigenvalue weighted by Gasteiger charge is 2.37. The van der Waals surface area contributed by atoms with Gasteiger partial charge in [0.15, 0.2) is 5.78 Å². The number of aromatic nitrogens is 1. The fourth-order valence-corrected chi connectivity index (χ4v) is 2.47. The molecule has 1 atom stereocenters. The number of pyridine rings is 1. The van der Waals surface area contributed by atoms with Crippen molar-refractivity contribution in [2.45, 2.75) is 25.9 Å². The first-order valence-electron chi connectivity index (χ1n) is 6.80. The number of nitrogens with zero attached hydrogens (tertiary/aromatic N) is 1. The Hall–Kier alpha value is -1.74. The molecule has 3 nitrogen and oxygen atoms in total. The first-order valence-corrected chi connectivity index (χ1v) is 6.80.